The summed E-state index contributed by atoms with van der Waals surface area (Å²) in [5, 5.41) is 3.89. The fourth-order valence-electron chi connectivity index (χ4n) is 2.09. The number of ether oxygens (including phenoxy) is 2. The van der Waals surface area contributed by atoms with E-state index in [-0.39, 0.29) is 19.0 Å². The van der Waals surface area contributed by atoms with Gasteiger partial charge in [0.25, 0.3) is 0 Å². The summed E-state index contributed by atoms with van der Waals surface area (Å²) in [6.45, 7) is -0.0342. The predicted octanol–water partition coefficient (Wildman–Crippen LogP) is 2.83. The molecule has 2 aromatic heterocycles. The molecule has 0 unspecified atom stereocenters. The number of pyridine rings is 1. The Morgan fingerprint density at radius 3 is 2.81 bits per heavy atom. The number of nitrogens with zero attached hydrogens (tertiary/aromatic N) is 3. The summed E-state index contributed by atoms with van der Waals surface area (Å²) < 4.78 is 28.2. The molecule has 134 valence electrons. The van der Waals surface area contributed by atoms with Crippen LogP contribution in [0.3, 0.4) is 0 Å². The van der Waals surface area contributed by atoms with Gasteiger partial charge in [0.2, 0.25) is 11.7 Å². The van der Waals surface area contributed by atoms with Gasteiger partial charge in [0, 0.05) is 24.4 Å². The van der Waals surface area contributed by atoms with Crippen molar-refractivity contribution in [3.8, 4) is 17.1 Å². The molecule has 0 bridgehead atoms. The highest BCUT2D eigenvalue weighted by Gasteiger charge is 2.09. The maximum atomic E-state index is 12.8. The number of esters is 1. The molecule has 0 spiro atoms. The van der Waals surface area contributed by atoms with Gasteiger partial charge in [0.1, 0.15) is 11.6 Å². The molecule has 0 atom stereocenters. The minimum absolute atomic E-state index is 0.205. The Morgan fingerprint density at radius 1 is 1.19 bits per heavy atom. The summed E-state index contributed by atoms with van der Waals surface area (Å²) >= 11 is 0. The third-order valence-electron chi connectivity index (χ3n) is 3.36. The molecule has 0 saturated heterocycles. The molecule has 0 aliphatic rings. The molecular weight excluding hydrogens is 341 g/mol. The number of aryl methyl sites for hydroxylation is 1. The number of aromatic nitrogens is 3. The lowest BCUT2D eigenvalue weighted by Crippen LogP contribution is -2.15. The fourth-order valence-corrected chi connectivity index (χ4v) is 2.09. The molecule has 3 rings (SSSR count). The van der Waals surface area contributed by atoms with E-state index in [9.17, 15) is 9.18 Å². The zero-order valence-corrected chi connectivity index (χ0v) is 13.8. The van der Waals surface area contributed by atoms with Crippen LogP contribution in [0, 0.1) is 5.82 Å². The zero-order chi connectivity index (χ0) is 18.2. The Balaban J connectivity index is 1.35. The maximum absolute atomic E-state index is 12.8. The van der Waals surface area contributed by atoms with Crippen LogP contribution in [0.15, 0.2) is 53.3 Å². The van der Waals surface area contributed by atoms with Crippen LogP contribution < -0.4 is 4.74 Å². The van der Waals surface area contributed by atoms with Crippen molar-refractivity contribution in [2.24, 2.45) is 0 Å². The van der Waals surface area contributed by atoms with E-state index in [1.165, 1.54) is 24.3 Å². The third kappa shape index (κ3) is 5.10. The molecule has 8 heteroatoms. The van der Waals surface area contributed by atoms with Crippen LogP contribution >= 0.6 is 0 Å². The average Bonchev–Trinajstić information content (AvgIpc) is 3.14. The lowest BCUT2D eigenvalue weighted by molar-refractivity contribution is -0.146. The molecule has 3 aromatic rings. The van der Waals surface area contributed by atoms with Crippen molar-refractivity contribution in [3.63, 3.8) is 0 Å². The maximum Gasteiger partial charge on any atom is 0.344 e. The topological polar surface area (TPSA) is 87.3 Å². The molecule has 2 heterocycles. The highest BCUT2D eigenvalue weighted by molar-refractivity contribution is 5.71. The number of hydrogen-bond donors (Lipinski definition) is 0. The molecule has 0 saturated carbocycles. The van der Waals surface area contributed by atoms with E-state index in [0.29, 0.717) is 30.3 Å². The van der Waals surface area contributed by atoms with Gasteiger partial charge < -0.3 is 14.0 Å². The van der Waals surface area contributed by atoms with Gasteiger partial charge in [-0.05, 0) is 42.8 Å². The van der Waals surface area contributed by atoms with Gasteiger partial charge in [-0.1, -0.05) is 5.16 Å². The molecule has 7 nitrogen and oxygen atoms in total. The normalized spacial score (nSPS) is 10.5. The second-order valence-electron chi connectivity index (χ2n) is 5.32. The van der Waals surface area contributed by atoms with Gasteiger partial charge in [-0.2, -0.15) is 4.98 Å². The number of carbonyl (C=O) groups excluding carboxylic acids is 1. The average molecular weight is 357 g/mol. The zero-order valence-electron chi connectivity index (χ0n) is 13.8. The molecule has 0 aliphatic heterocycles. The first kappa shape index (κ1) is 17.5. The predicted molar refractivity (Wildman–Crippen MR) is 88.7 cm³/mol. The quantitative estimate of drug-likeness (QED) is 0.452. The van der Waals surface area contributed by atoms with Crippen molar-refractivity contribution in [1.82, 2.24) is 15.1 Å². The smallest absolute Gasteiger partial charge is 0.344 e. The first-order valence-corrected chi connectivity index (χ1v) is 7.98. The molecular formula is C18H16FN3O4. The third-order valence-corrected chi connectivity index (χ3v) is 3.36. The first-order chi connectivity index (χ1) is 12.7. The molecule has 0 radical (unpaired) electrons. The second-order valence-corrected chi connectivity index (χ2v) is 5.32. The van der Waals surface area contributed by atoms with Crippen molar-refractivity contribution in [2.45, 2.75) is 12.8 Å². The van der Waals surface area contributed by atoms with E-state index in [0.717, 1.165) is 5.56 Å². The van der Waals surface area contributed by atoms with E-state index in [1.807, 2.05) is 6.07 Å². The molecule has 0 aliphatic carbocycles. The van der Waals surface area contributed by atoms with Crippen molar-refractivity contribution >= 4 is 5.97 Å². The van der Waals surface area contributed by atoms with Crippen LogP contribution in [-0.4, -0.2) is 34.3 Å². The number of rotatable bonds is 8. The van der Waals surface area contributed by atoms with Crippen molar-refractivity contribution in [1.29, 1.82) is 0 Å². The Kier molecular flexibility index (Phi) is 5.87. The van der Waals surface area contributed by atoms with E-state index >= 15 is 0 Å². The lowest BCUT2D eigenvalue weighted by atomic mass is 10.3. The molecule has 1 aromatic carbocycles. The molecule has 0 amide bonds. The summed E-state index contributed by atoms with van der Waals surface area (Å²) in [5.74, 6) is 0.459. The minimum atomic E-state index is -0.504. The minimum Gasteiger partial charge on any atom is -0.482 e. The number of benzene rings is 1. The van der Waals surface area contributed by atoms with Crippen molar-refractivity contribution in [3.05, 3.63) is 60.5 Å². The van der Waals surface area contributed by atoms with Crippen LogP contribution in [0.4, 0.5) is 4.39 Å². The molecule has 0 fully saturated rings. The standard InChI is InChI=1S/C18H16FN3O4/c19-14-5-7-15(8-6-14)25-12-17(23)24-10-2-4-16-21-18(22-26-16)13-3-1-9-20-11-13/h1,3,5-9,11H,2,4,10,12H2. The van der Waals surface area contributed by atoms with E-state index < -0.39 is 5.97 Å². The van der Waals surface area contributed by atoms with Crippen molar-refractivity contribution < 1.29 is 23.2 Å². The number of halogens is 1. The molecule has 0 N–H and O–H groups in total. The van der Waals surface area contributed by atoms with Gasteiger partial charge >= 0.3 is 5.97 Å². The summed E-state index contributed by atoms with van der Waals surface area (Å²) in [7, 11) is 0. The van der Waals surface area contributed by atoms with Gasteiger partial charge in [-0.3, -0.25) is 4.98 Å². The van der Waals surface area contributed by atoms with E-state index in [4.69, 9.17) is 14.0 Å². The summed E-state index contributed by atoms with van der Waals surface area (Å²) in [4.78, 5) is 19.9. The highest BCUT2D eigenvalue weighted by Crippen LogP contribution is 2.14. The Hall–Kier alpha value is -3.29. The Labute approximate surface area is 148 Å². The first-order valence-electron chi connectivity index (χ1n) is 7.98. The largest absolute Gasteiger partial charge is 0.482 e. The molecule has 26 heavy (non-hydrogen) atoms. The number of hydrogen-bond acceptors (Lipinski definition) is 7. The monoisotopic (exact) mass is 357 g/mol. The van der Waals surface area contributed by atoms with Crippen LogP contribution in [0.1, 0.15) is 12.3 Å². The van der Waals surface area contributed by atoms with E-state index in [1.54, 1.807) is 18.5 Å². The van der Waals surface area contributed by atoms with Gasteiger partial charge in [0.05, 0.1) is 6.61 Å². The van der Waals surface area contributed by atoms with Crippen LogP contribution in [0.25, 0.3) is 11.4 Å². The van der Waals surface area contributed by atoms with Gasteiger partial charge in [-0.25, -0.2) is 9.18 Å². The Bertz CT molecular complexity index is 837. The van der Waals surface area contributed by atoms with Gasteiger partial charge in [-0.15, -0.1) is 0 Å². The van der Waals surface area contributed by atoms with Crippen LogP contribution in [0.2, 0.25) is 0 Å². The van der Waals surface area contributed by atoms with Crippen LogP contribution in [0.5, 0.6) is 5.75 Å². The number of carbonyl (C=O) groups is 1. The van der Waals surface area contributed by atoms with Crippen LogP contribution in [-0.2, 0) is 16.0 Å². The highest BCUT2D eigenvalue weighted by atomic mass is 19.1. The van der Waals surface area contributed by atoms with Crippen molar-refractivity contribution in [2.75, 3.05) is 13.2 Å². The Morgan fingerprint density at radius 2 is 2.04 bits per heavy atom. The summed E-state index contributed by atoms with van der Waals surface area (Å²) in [6.07, 6.45) is 4.34. The second kappa shape index (κ2) is 8.70. The lowest BCUT2D eigenvalue weighted by Gasteiger charge is -2.06. The summed E-state index contributed by atoms with van der Waals surface area (Å²) in [6, 6.07) is 9.02. The summed E-state index contributed by atoms with van der Waals surface area (Å²) in [5.41, 5.74) is 0.770. The fraction of sp³-hybridized carbons (Fsp3) is 0.222. The SMILES string of the molecule is O=C(COc1ccc(F)cc1)OCCCc1nc(-c2cccnc2)no1. The van der Waals surface area contributed by atoms with Gasteiger partial charge in [0.15, 0.2) is 6.61 Å². The van der Waals surface area contributed by atoms with E-state index in [2.05, 4.69) is 15.1 Å².